The summed E-state index contributed by atoms with van der Waals surface area (Å²) in [6.45, 7) is 11.2. The van der Waals surface area contributed by atoms with Gasteiger partial charge in [-0.3, -0.25) is 4.79 Å². The molecule has 1 atom stereocenters. The first-order chi connectivity index (χ1) is 15.9. The van der Waals surface area contributed by atoms with E-state index in [4.69, 9.17) is 9.47 Å². The monoisotopic (exact) mass is 492 g/mol. The third kappa shape index (κ3) is 5.52. The highest BCUT2D eigenvalue weighted by Gasteiger charge is 2.36. The number of carbonyl (C=O) groups excluding carboxylic acids is 2. The van der Waals surface area contributed by atoms with Gasteiger partial charge in [-0.05, 0) is 69.9 Å². The normalized spacial score (nSPS) is 12.8. The van der Waals surface area contributed by atoms with Crippen molar-refractivity contribution in [2.45, 2.75) is 58.9 Å². The average molecular weight is 493 g/mol. The van der Waals surface area contributed by atoms with E-state index < -0.39 is 22.0 Å². The fraction of sp³-hybridized carbons (Fsp3) is 0.520. The van der Waals surface area contributed by atoms with Gasteiger partial charge in [0.25, 0.3) is 0 Å². The quantitative estimate of drug-likeness (QED) is 0.346. The van der Waals surface area contributed by atoms with Gasteiger partial charge in [-0.2, -0.15) is 4.31 Å². The number of hydrogen-bond acceptors (Lipinski definition) is 6. The Morgan fingerprint density at radius 1 is 1.09 bits per heavy atom. The van der Waals surface area contributed by atoms with E-state index >= 15 is 0 Å². The highest BCUT2D eigenvalue weighted by atomic mass is 32.2. The third-order valence-corrected chi connectivity index (χ3v) is 8.03. The number of nitrogens with zero attached hydrogens (tertiary/aromatic N) is 2. The number of sulfonamides is 1. The molecule has 0 amide bonds. The number of benzene rings is 1. The predicted octanol–water partition coefficient (Wildman–Crippen LogP) is 4.14. The molecular formula is C25H36N2O6S. The van der Waals surface area contributed by atoms with Gasteiger partial charge >= 0.3 is 5.97 Å². The summed E-state index contributed by atoms with van der Waals surface area (Å²) in [5, 5.41) is 0. The molecular weight excluding hydrogens is 456 g/mol. The number of rotatable bonds is 11. The summed E-state index contributed by atoms with van der Waals surface area (Å²) in [5.74, 6) is -0.0906. The molecule has 9 heteroatoms. The molecule has 188 valence electrons. The first-order valence-electron chi connectivity index (χ1n) is 11.4. The molecule has 34 heavy (non-hydrogen) atoms. The number of hydrogen-bond donors (Lipinski definition) is 0. The summed E-state index contributed by atoms with van der Waals surface area (Å²) in [7, 11) is -0.766. The van der Waals surface area contributed by atoms with Gasteiger partial charge in [0.05, 0.1) is 24.7 Å². The van der Waals surface area contributed by atoms with Crippen LogP contribution in [0.1, 0.15) is 66.2 Å². The summed E-state index contributed by atoms with van der Waals surface area (Å²) >= 11 is 0. The molecule has 1 aromatic carbocycles. The molecule has 0 N–H and O–H groups in total. The van der Waals surface area contributed by atoms with Crippen molar-refractivity contribution in [1.82, 2.24) is 8.87 Å². The van der Waals surface area contributed by atoms with Crippen LogP contribution in [0.2, 0.25) is 0 Å². The summed E-state index contributed by atoms with van der Waals surface area (Å²) < 4.78 is 40.4. The Hall–Kier alpha value is -2.65. The molecule has 1 heterocycles. The zero-order chi connectivity index (χ0) is 25.8. The predicted molar refractivity (Wildman–Crippen MR) is 131 cm³/mol. The second-order valence-electron chi connectivity index (χ2n) is 8.73. The van der Waals surface area contributed by atoms with Crippen molar-refractivity contribution in [2.75, 3.05) is 20.3 Å². The van der Waals surface area contributed by atoms with Crippen molar-refractivity contribution in [3.8, 4) is 5.75 Å². The van der Waals surface area contributed by atoms with Crippen LogP contribution < -0.4 is 4.74 Å². The largest absolute Gasteiger partial charge is 0.497 e. The van der Waals surface area contributed by atoms with Gasteiger partial charge in [-0.25, -0.2) is 13.2 Å². The van der Waals surface area contributed by atoms with E-state index in [9.17, 15) is 18.0 Å². The van der Waals surface area contributed by atoms with Gasteiger partial charge in [0.15, 0.2) is 5.78 Å². The van der Waals surface area contributed by atoms with Crippen molar-refractivity contribution in [1.29, 1.82) is 0 Å². The van der Waals surface area contributed by atoms with Crippen molar-refractivity contribution in [2.24, 2.45) is 13.0 Å². The lowest BCUT2D eigenvalue weighted by molar-refractivity contribution is 0.0514. The maximum Gasteiger partial charge on any atom is 0.355 e. The first-order valence-corrected chi connectivity index (χ1v) is 12.8. The Morgan fingerprint density at radius 2 is 1.68 bits per heavy atom. The fourth-order valence-corrected chi connectivity index (χ4v) is 5.57. The number of Topliss-reactive ketones (excluding diaryl/α,β-unsaturated/α-hetero) is 1. The van der Waals surface area contributed by atoms with E-state index in [0.717, 1.165) is 0 Å². The minimum atomic E-state index is -3.97. The van der Waals surface area contributed by atoms with Gasteiger partial charge in [0.2, 0.25) is 10.0 Å². The average Bonchev–Trinajstić information content (AvgIpc) is 3.01. The summed E-state index contributed by atoms with van der Waals surface area (Å²) in [6.07, 6.45) is 0.591. The van der Waals surface area contributed by atoms with Crippen molar-refractivity contribution in [3.63, 3.8) is 0 Å². The Balaban J connectivity index is 2.53. The lowest BCUT2D eigenvalue weighted by atomic mass is 10.0. The van der Waals surface area contributed by atoms with Gasteiger partial charge < -0.3 is 14.0 Å². The molecule has 2 aromatic rings. The van der Waals surface area contributed by atoms with E-state index in [1.165, 1.54) is 23.5 Å². The van der Waals surface area contributed by atoms with Crippen molar-refractivity contribution >= 4 is 21.8 Å². The maximum atomic E-state index is 13.7. The molecule has 0 radical (unpaired) electrons. The van der Waals surface area contributed by atoms with Crippen LogP contribution in [0, 0.1) is 19.8 Å². The molecule has 2 rings (SSSR count). The van der Waals surface area contributed by atoms with Crippen molar-refractivity contribution < 1.29 is 27.5 Å². The van der Waals surface area contributed by atoms with Gasteiger partial charge in [0, 0.05) is 24.8 Å². The Labute approximate surface area is 202 Å². The summed E-state index contributed by atoms with van der Waals surface area (Å²) in [6, 6.07) is 5.14. The summed E-state index contributed by atoms with van der Waals surface area (Å²) in [5.41, 5.74) is 1.71. The molecule has 0 aliphatic rings. The smallest absolute Gasteiger partial charge is 0.355 e. The van der Waals surface area contributed by atoms with E-state index in [0.29, 0.717) is 34.7 Å². The lowest BCUT2D eigenvalue weighted by Crippen LogP contribution is -2.44. The molecule has 0 fully saturated rings. The Morgan fingerprint density at radius 3 is 2.18 bits per heavy atom. The Bertz CT molecular complexity index is 1130. The van der Waals surface area contributed by atoms with Crippen LogP contribution in [0.25, 0.3) is 0 Å². The number of methoxy groups -OCH3 is 1. The number of ether oxygens (including phenoxy) is 2. The SMILES string of the molecule is CCOC(=O)c1c(C)c(C(=O)[C@@H](C)N(CCC(C)C)S(=O)(=O)c2ccc(OC)cc2)c(C)n1C. The number of carbonyl (C=O) groups is 2. The zero-order valence-electron chi connectivity index (χ0n) is 21.3. The molecule has 0 unspecified atom stereocenters. The highest BCUT2D eigenvalue weighted by molar-refractivity contribution is 7.89. The van der Waals surface area contributed by atoms with Crippen LogP contribution in [0.5, 0.6) is 5.75 Å². The van der Waals surface area contributed by atoms with Crippen molar-refractivity contribution in [3.05, 3.63) is 46.8 Å². The van der Waals surface area contributed by atoms with Gasteiger partial charge in [-0.1, -0.05) is 13.8 Å². The van der Waals surface area contributed by atoms with Gasteiger partial charge in [0.1, 0.15) is 11.4 Å². The number of aromatic nitrogens is 1. The van der Waals surface area contributed by atoms with E-state index in [-0.39, 0.29) is 29.7 Å². The molecule has 0 saturated carbocycles. The Kier molecular flexibility index (Phi) is 9.08. The van der Waals surface area contributed by atoms with Crippen LogP contribution in [-0.2, 0) is 21.8 Å². The van der Waals surface area contributed by atoms with Crippen LogP contribution in [-0.4, -0.2) is 55.3 Å². The molecule has 0 aliphatic carbocycles. The second-order valence-corrected chi connectivity index (χ2v) is 10.6. The van der Waals surface area contributed by atoms with E-state index in [1.807, 2.05) is 13.8 Å². The van der Waals surface area contributed by atoms with Crippen LogP contribution in [0.4, 0.5) is 0 Å². The molecule has 1 aromatic heterocycles. The third-order valence-electron chi connectivity index (χ3n) is 6.05. The zero-order valence-corrected chi connectivity index (χ0v) is 22.2. The number of ketones is 1. The van der Waals surface area contributed by atoms with Crippen LogP contribution in [0.3, 0.4) is 0 Å². The second kappa shape index (κ2) is 11.2. The fourth-order valence-electron chi connectivity index (χ4n) is 3.96. The highest BCUT2D eigenvalue weighted by Crippen LogP contribution is 2.28. The molecule has 0 aliphatic heterocycles. The van der Waals surface area contributed by atoms with Crippen LogP contribution >= 0.6 is 0 Å². The molecule has 0 saturated heterocycles. The van der Waals surface area contributed by atoms with Crippen LogP contribution in [0.15, 0.2) is 29.2 Å². The minimum absolute atomic E-state index is 0.0884. The standard InChI is InChI=1S/C25H36N2O6S/c1-9-33-25(29)23-17(4)22(18(5)26(23)7)24(28)19(6)27(15-14-16(2)3)34(30,31)21-12-10-20(32-8)11-13-21/h10-13,16,19H,9,14-15H2,1-8H3/t19-/m1/s1. The van der Waals surface area contributed by atoms with E-state index in [2.05, 4.69) is 0 Å². The van der Waals surface area contributed by atoms with Gasteiger partial charge in [-0.15, -0.1) is 0 Å². The lowest BCUT2D eigenvalue weighted by Gasteiger charge is -2.28. The summed E-state index contributed by atoms with van der Waals surface area (Å²) in [4.78, 5) is 26.3. The number of esters is 1. The topological polar surface area (TPSA) is 94.9 Å². The molecule has 0 spiro atoms. The molecule has 0 bridgehead atoms. The maximum absolute atomic E-state index is 13.7. The molecule has 8 nitrogen and oxygen atoms in total. The first kappa shape index (κ1) is 27.6. The minimum Gasteiger partial charge on any atom is -0.497 e. The van der Waals surface area contributed by atoms with E-state index in [1.54, 1.807) is 51.4 Å².